The number of hydrogen-bond donors (Lipinski definition) is 1. The van der Waals surface area contributed by atoms with Gasteiger partial charge in [0.2, 0.25) is 5.91 Å². The molecule has 0 aliphatic carbocycles. The first-order valence-corrected chi connectivity index (χ1v) is 4.95. The van der Waals surface area contributed by atoms with Crippen LogP contribution in [0.25, 0.3) is 0 Å². The number of β-amino-alcohol motifs (C(OH)–C–C–N with tert-alkyl or cyclic N) is 1. The fourth-order valence-electron chi connectivity index (χ4n) is 1.03. The Morgan fingerprint density at radius 3 is 2.31 bits per heavy atom. The van der Waals surface area contributed by atoms with Crippen molar-refractivity contribution in [1.29, 1.82) is 0 Å². The predicted molar refractivity (Wildman–Crippen MR) is 46.5 cm³/mol. The van der Waals surface area contributed by atoms with Gasteiger partial charge in [0.1, 0.15) is 0 Å². The van der Waals surface area contributed by atoms with Crippen molar-refractivity contribution in [3.05, 3.63) is 0 Å². The van der Waals surface area contributed by atoms with E-state index in [1.165, 1.54) is 0 Å². The zero-order chi connectivity index (χ0) is 10.3. The Hall–Kier alpha value is -0.0500. The summed E-state index contributed by atoms with van der Waals surface area (Å²) in [5, 5.41) is 8.94. The van der Waals surface area contributed by atoms with Crippen molar-refractivity contribution in [3.8, 4) is 0 Å². The van der Waals surface area contributed by atoms with Crippen molar-refractivity contribution < 1.29 is 23.1 Å². The molecule has 1 amide bonds. The lowest BCUT2D eigenvalue weighted by Crippen LogP contribution is -2.70. The van der Waals surface area contributed by atoms with Crippen molar-refractivity contribution in [3.63, 3.8) is 0 Å². The Balaban J connectivity index is 2.53. The Morgan fingerprint density at radius 2 is 2.00 bits per heavy atom. The SMILES string of the molecule is O=C(CI)N1CC(O)(C(F)(F)F)C1. The van der Waals surface area contributed by atoms with Crippen LogP contribution >= 0.6 is 22.6 Å². The molecule has 1 rings (SSSR count). The lowest BCUT2D eigenvalue weighted by Gasteiger charge is -2.46. The van der Waals surface area contributed by atoms with Crippen LogP contribution in [0.4, 0.5) is 13.2 Å². The minimum atomic E-state index is -4.64. The summed E-state index contributed by atoms with van der Waals surface area (Å²) in [7, 11) is 0. The Bertz CT molecular complexity index is 224. The molecule has 0 radical (unpaired) electrons. The molecule has 76 valence electrons. The van der Waals surface area contributed by atoms with E-state index in [0.29, 0.717) is 0 Å². The van der Waals surface area contributed by atoms with Crippen LogP contribution in [0.15, 0.2) is 0 Å². The van der Waals surface area contributed by atoms with Gasteiger partial charge in [0.15, 0.2) is 5.60 Å². The van der Waals surface area contributed by atoms with Crippen LogP contribution in [0, 0.1) is 0 Å². The van der Waals surface area contributed by atoms with E-state index in [2.05, 4.69) is 0 Å². The van der Waals surface area contributed by atoms with Crippen molar-refractivity contribution in [1.82, 2.24) is 4.90 Å². The molecular weight excluding hydrogens is 302 g/mol. The third kappa shape index (κ3) is 1.90. The summed E-state index contributed by atoms with van der Waals surface area (Å²) in [4.78, 5) is 11.8. The second-order valence-corrected chi connectivity index (χ2v) is 3.68. The normalized spacial score (nSPS) is 21.2. The highest BCUT2D eigenvalue weighted by Crippen LogP contribution is 2.37. The summed E-state index contributed by atoms with van der Waals surface area (Å²) < 4.78 is 36.2. The molecule has 3 nitrogen and oxygen atoms in total. The molecule has 1 aliphatic rings. The molecule has 0 bridgehead atoms. The number of amides is 1. The summed E-state index contributed by atoms with van der Waals surface area (Å²) >= 11 is 1.76. The maximum Gasteiger partial charge on any atom is 0.420 e. The molecule has 7 heteroatoms. The largest absolute Gasteiger partial charge is 0.420 e. The van der Waals surface area contributed by atoms with Gasteiger partial charge < -0.3 is 10.0 Å². The average Bonchev–Trinajstić information content (AvgIpc) is 1.95. The first-order chi connectivity index (χ1) is 5.80. The van der Waals surface area contributed by atoms with E-state index in [9.17, 15) is 18.0 Å². The van der Waals surface area contributed by atoms with Gasteiger partial charge in [0, 0.05) is 0 Å². The maximum atomic E-state index is 12.0. The van der Waals surface area contributed by atoms with E-state index >= 15 is 0 Å². The van der Waals surface area contributed by atoms with Gasteiger partial charge in [-0.2, -0.15) is 13.2 Å². The topological polar surface area (TPSA) is 40.5 Å². The molecule has 0 spiro atoms. The molecule has 0 aromatic heterocycles. The molecule has 13 heavy (non-hydrogen) atoms. The number of carbonyl (C=O) groups is 1. The van der Waals surface area contributed by atoms with Gasteiger partial charge >= 0.3 is 6.18 Å². The molecule has 1 heterocycles. The van der Waals surface area contributed by atoms with Gasteiger partial charge in [-0.25, -0.2) is 0 Å². The molecule has 1 aliphatic heterocycles. The Labute approximate surface area is 86.0 Å². The summed E-state index contributed by atoms with van der Waals surface area (Å²) in [5.41, 5.74) is -2.69. The number of alkyl halides is 4. The Kier molecular flexibility index (Phi) is 2.77. The molecule has 1 fully saturated rings. The molecule has 0 atom stereocenters. The molecule has 1 N–H and O–H groups in total. The number of likely N-dealkylation sites (tertiary alicyclic amines) is 1. The van der Waals surface area contributed by atoms with Crippen LogP contribution in [-0.4, -0.2) is 45.2 Å². The van der Waals surface area contributed by atoms with Crippen LogP contribution in [0.5, 0.6) is 0 Å². The lowest BCUT2D eigenvalue weighted by molar-refractivity contribution is -0.297. The minimum Gasteiger partial charge on any atom is -0.378 e. The van der Waals surface area contributed by atoms with E-state index in [1.807, 2.05) is 0 Å². The first kappa shape index (κ1) is 11.0. The summed E-state index contributed by atoms with van der Waals surface area (Å²) in [6, 6.07) is 0. The van der Waals surface area contributed by atoms with E-state index in [-0.39, 0.29) is 10.3 Å². The number of nitrogens with zero attached hydrogens (tertiary/aromatic N) is 1. The molecule has 1 saturated heterocycles. The monoisotopic (exact) mass is 309 g/mol. The van der Waals surface area contributed by atoms with Crippen LogP contribution < -0.4 is 0 Å². The number of hydrogen-bond acceptors (Lipinski definition) is 2. The zero-order valence-corrected chi connectivity index (χ0v) is 8.59. The maximum absolute atomic E-state index is 12.0. The number of carbonyl (C=O) groups excluding carboxylic acids is 1. The van der Waals surface area contributed by atoms with E-state index in [1.54, 1.807) is 22.6 Å². The quantitative estimate of drug-likeness (QED) is 0.568. The smallest absolute Gasteiger partial charge is 0.378 e. The summed E-state index contributed by atoms with van der Waals surface area (Å²) in [5.74, 6) is -0.380. The number of aliphatic hydroxyl groups is 1. The number of rotatable bonds is 1. The molecular formula is C6H7F3INO2. The molecule has 0 saturated carbocycles. The van der Waals surface area contributed by atoms with Crippen LogP contribution in [0.2, 0.25) is 0 Å². The fourth-order valence-corrected chi connectivity index (χ4v) is 1.51. The van der Waals surface area contributed by atoms with Crippen molar-refractivity contribution in [2.45, 2.75) is 11.8 Å². The van der Waals surface area contributed by atoms with Crippen molar-refractivity contribution in [2.24, 2.45) is 0 Å². The van der Waals surface area contributed by atoms with E-state index in [0.717, 1.165) is 4.90 Å². The highest BCUT2D eigenvalue weighted by Gasteiger charge is 2.61. The highest BCUT2D eigenvalue weighted by atomic mass is 127. The third-order valence-corrected chi connectivity index (χ3v) is 2.55. The van der Waals surface area contributed by atoms with Crippen molar-refractivity contribution in [2.75, 3.05) is 17.5 Å². The summed E-state index contributed by atoms with van der Waals surface area (Å²) in [6.07, 6.45) is -4.64. The van der Waals surface area contributed by atoms with Gasteiger partial charge in [-0.15, -0.1) is 0 Å². The van der Waals surface area contributed by atoms with Gasteiger partial charge in [-0.05, 0) is 0 Å². The second-order valence-electron chi connectivity index (χ2n) is 2.91. The van der Waals surface area contributed by atoms with Gasteiger partial charge in [-0.3, -0.25) is 4.79 Å². The lowest BCUT2D eigenvalue weighted by atomic mass is 9.93. The molecule has 0 aromatic carbocycles. The highest BCUT2D eigenvalue weighted by molar-refractivity contribution is 14.1. The van der Waals surface area contributed by atoms with Gasteiger partial charge in [-0.1, -0.05) is 22.6 Å². The third-order valence-electron chi connectivity index (χ3n) is 1.90. The average molecular weight is 309 g/mol. The van der Waals surface area contributed by atoms with E-state index in [4.69, 9.17) is 5.11 Å². The fraction of sp³-hybridized carbons (Fsp3) is 0.833. The van der Waals surface area contributed by atoms with Gasteiger partial charge in [0.05, 0.1) is 17.5 Å². The van der Waals surface area contributed by atoms with Crippen molar-refractivity contribution >= 4 is 28.5 Å². The minimum absolute atomic E-state index is 0.131. The van der Waals surface area contributed by atoms with Crippen LogP contribution in [0.3, 0.4) is 0 Å². The molecule has 0 unspecified atom stereocenters. The van der Waals surface area contributed by atoms with Gasteiger partial charge in [0.25, 0.3) is 0 Å². The zero-order valence-electron chi connectivity index (χ0n) is 6.44. The summed E-state index contributed by atoms with van der Waals surface area (Å²) in [6.45, 7) is -1.28. The van der Waals surface area contributed by atoms with Crippen LogP contribution in [-0.2, 0) is 4.79 Å². The van der Waals surface area contributed by atoms with Crippen LogP contribution in [0.1, 0.15) is 0 Å². The number of halogens is 4. The predicted octanol–water partition coefficient (Wildman–Crippen LogP) is 0.557. The first-order valence-electron chi connectivity index (χ1n) is 3.43. The second kappa shape index (κ2) is 3.26. The van der Waals surface area contributed by atoms with E-state index < -0.39 is 24.9 Å². The molecule has 0 aromatic rings. The Morgan fingerprint density at radius 1 is 1.54 bits per heavy atom. The standard InChI is InChI=1S/C6H7F3INO2/c7-6(8,9)5(13)2-11(3-5)4(12)1-10/h13H,1-3H2.